The molecule has 0 rings (SSSR count). The lowest BCUT2D eigenvalue weighted by molar-refractivity contribution is 0.201. The van der Waals surface area contributed by atoms with Gasteiger partial charge in [0.25, 0.3) is 0 Å². The molecule has 0 spiro atoms. The average molecular weight is 188 g/mol. The maximum atomic E-state index is 5.33. The van der Waals surface area contributed by atoms with Crippen LogP contribution in [0.1, 0.15) is 46.5 Å². The van der Waals surface area contributed by atoms with E-state index in [-0.39, 0.29) is 0 Å². The van der Waals surface area contributed by atoms with E-state index in [1.54, 1.807) is 0 Å². The van der Waals surface area contributed by atoms with E-state index in [1.165, 1.54) is 25.7 Å². The molecular weight excluding hydrogens is 164 g/mol. The van der Waals surface area contributed by atoms with Gasteiger partial charge in [0.05, 0.1) is 0 Å². The molecule has 0 saturated carbocycles. The summed E-state index contributed by atoms with van der Waals surface area (Å²) in [6.45, 7) is 7.89. The van der Waals surface area contributed by atoms with Crippen LogP contribution in [0.5, 0.6) is 0 Å². The van der Waals surface area contributed by atoms with Crippen molar-refractivity contribution in [2.24, 2.45) is 11.8 Å². The van der Waals surface area contributed by atoms with E-state index in [2.05, 4.69) is 20.8 Å². The summed E-state index contributed by atoms with van der Waals surface area (Å²) in [6.07, 6.45) is 5.34. The van der Waals surface area contributed by atoms with Gasteiger partial charge in [-0.2, -0.15) is 0 Å². The normalized spacial score (nSPS) is 16.2. The van der Waals surface area contributed by atoms with E-state index in [0.717, 1.165) is 28.9 Å². The van der Waals surface area contributed by atoms with Gasteiger partial charge in [-0.15, -0.1) is 0 Å². The quantitative estimate of drug-likeness (QED) is 0.556. The standard InChI is InChI=1S/C10H24OSi/c1-4-6-7-9(3)10(5-2)8-11-12/h9-10H,4-8H2,1-3,12H3. The van der Waals surface area contributed by atoms with E-state index < -0.39 is 0 Å². The van der Waals surface area contributed by atoms with Gasteiger partial charge in [-0.05, 0) is 11.8 Å². The van der Waals surface area contributed by atoms with Crippen molar-refractivity contribution >= 4 is 10.5 Å². The summed E-state index contributed by atoms with van der Waals surface area (Å²) in [5.74, 6) is 1.65. The second-order valence-corrected chi connectivity index (χ2v) is 4.32. The molecule has 0 aromatic rings. The maximum absolute atomic E-state index is 5.33. The molecule has 0 bridgehead atoms. The predicted molar refractivity (Wildman–Crippen MR) is 58.4 cm³/mol. The van der Waals surface area contributed by atoms with E-state index in [4.69, 9.17) is 4.43 Å². The molecule has 0 aromatic heterocycles. The second-order valence-electron chi connectivity index (χ2n) is 3.74. The predicted octanol–water partition coefficient (Wildman–Crippen LogP) is 2.14. The van der Waals surface area contributed by atoms with E-state index in [9.17, 15) is 0 Å². The Morgan fingerprint density at radius 3 is 2.42 bits per heavy atom. The number of rotatable bonds is 7. The van der Waals surface area contributed by atoms with Crippen molar-refractivity contribution in [3.8, 4) is 0 Å². The van der Waals surface area contributed by atoms with Crippen LogP contribution in [0.2, 0.25) is 0 Å². The smallest absolute Gasteiger partial charge is 0.145 e. The topological polar surface area (TPSA) is 9.23 Å². The Hall–Kier alpha value is 0.177. The summed E-state index contributed by atoms with van der Waals surface area (Å²) in [6, 6.07) is 0. The maximum Gasteiger partial charge on any atom is 0.145 e. The van der Waals surface area contributed by atoms with Crippen LogP contribution in [0, 0.1) is 11.8 Å². The minimum absolute atomic E-state index is 0.800. The first-order chi connectivity index (χ1) is 5.76. The molecule has 0 aliphatic heterocycles. The molecule has 2 heteroatoms. The molecule has 2 unspecified atom stereocenters. The molecule has 0 saturated heterocycles. The highest BCUT2D eigenvalue weighted by molar-refractivity contribution is 5.97. The average Bonchev–Trinajstić information content (AvgIpc) is 2.10. The van der Waals surface area contributed by atoms with Gasteiger partial charge in [-0.25, -0.2) is 0 Å². The van der Waals surface area contributed by atoms with Crippen LogP contribution in [0.4, 0.5) is 0 Å². The highest BCUT2D eigenvalue weighted by Crippen LogP contribution is 2.21. The summed E-state index contributed by atoms with van der Waals surface area (Å²) in [7, 11) is 0.892. The number of unbranched alkanes of at least 4 members (excludes halogenated alkanes) is 1. The Labute approximate surface area is 80.4 Å². The van der Waals surface area contributed by atoms with Crippen LogP contribution in [0.15, 0.2) is 0 Å². The summed E-state index contributed by atoms with van der Waals surface area (Å²) < 4.78 is 5.33. The third-order valence-corrected chi connectivity index (χ3v) is 3.06. The number of hydrogen-bond donors (Lipinski definition) is 0. The molecule has 0 radical (unpaired) electrons. The zero-order valence-electron chi connectivity index (χ0n) is 9.10. The Morgan fingerprint density at radius 2 is 2.00 bits per heavy atom. The molecule has 0 fully saturated rings. The van der Waals surface area contributed by atoms with Gasteiger partial charge in [0.15, 0.2) is 0 Å². The Bertz CT molecular complexity index is 95.8. The van der Waals surface area contributed by atoms with Crippen molar-refractivity contribution in [1.29, 1.82) is 0 Å². The molecular formula is C10H24OSi. The minimum Gasteiger partial charge on any atom is -0.428 e. The summed E-state index contributed by atoms with van der Waals surface area (Å²) in [5, 5.41) is 0. The van der Waals surface area contributed by atoms with Gasteiger partial charge in [0.2, 0.25) is 0 Å². The molecule has 1 nitrogen and oxygen atoms in total. The molecule has 0 aliphatic carbocycles. The molecule has 74 valence electrons. The fraction of sp³-hybridized carbons (Fsp3) is 1.00. The summed E-state index contributed by atoms with van der Waals surface area (Å²) >= 11 is 0. The molecule has 0 N–H and O–H groups in total. The summed E-state index contributed by atoms with van der Waals surface area (Å²) in [5.41, 5.74) is 0. The first kappa shape index (κ1) is 12.2. The monoisotopic (exact) mass is 188 g/mol. The first-order valence-corrected chi connectivity index (χ1v) is 6.06. The SMILES string of the molecule is CCCCC(C)C(CC)CO[SiH3]. The van der Waals surface area contributed by atoms with Crippen molar-refractivity contribution < 1.29 is 4.43 Å². The van der Waals surface area contributed by atoms with E-state index >= 15 is 0 Å². The van der Waals surface area contributed by atoms with Crippen LogP contribution < -0.4 is 0 Å². The molecule has 12 heavy (non-hydrogen) atoms. The fourth-order valence-electron chi connectivity index (χ4n) is 1.66. The third kappa shape index (κ3) is 4.94. The van der Waals surface area contributed by atoms with Gasteiger partial charge >= 0.3 is 0 Å². The minimum atomic E-state index is 0.800. The van der Waals surface area contributed by atoms with Crippen LogP contribution in [0.25, 0.3) is 0 Å². The van der Waals surface area contributed by atoms with Crippen molar-refractivity contribution in [2.75, 3.05) is 6.61 Å². The van der Waals surface area contributed by atoms with Crippen molar-refractivity contribution in [3.05, 3.63) is 0 Å². The van der Waals surface area contributed by atoms with E-state index in [1.807, 2.05) is 0 Å². The Balaban J connectivity index is 3.60. The van der Waals surface area contributed by atoms with Crippen molar-refractivity contribution in [3.63, 3.8) is 0 Å². The van der Waals surface area contributed by atoms with Gasteiger partial charge in [-0.3, -0.25) is 0 Å². The van der Waals surface area contributed by atoms with Crippen LogP contribution in [-0.4, -0.2) is 17.1 Å². The van der Waals surface area contributed by atoms with Gasteiger partial charge in [0.1, 0.15) is 10.5 Å². The lowest BCUT2D eigenvalue weighted by Gasteiger charge is -2.21. The molecule has 0 aromatic carbocycles. The molecule has 0 aliphatic rings. The highest BCUT2D eigenvalue weighted by atomic mass is 28.2. The first-order valence-electron chi connectivity index (χ1n) is 5.25. The van der Waals surface area contributed by atoms with Crippen molar-refractivity contribution in [2.45, 2.75) is 46.5 Å². The Morgan fingerprint density at radius 1 is 1.33 bits per heavy atom. The Kier molecular flexibility index (Phi) is 7.92. The zero-order chi connectivity index (χ0) is 9.40. The van der Waals surface area contributed by atoms with Crippen LogP contribution >= 0.6 is 0 Å². The van der Waals surface area contributed by atoms with Crippen molar-refractivity contribution in [1.82, 2.24) is 0 Å². The zero-order valence-corrected chi connectivity index (χ0v) is 11.1. The van der Waals surface area contributed by atoms with Crippen LogP contribution in [0.3, 0.4) is 0 Å². The molecule has 0 amide bonds. The van der Waals surface area contributed by atoms with Gasteiger partial charge in [-0.1, -0.05) is 46.5 Å². The fourth-order valence-corrected chi connectivity index (χ4v) is 2.09. The van der Waals surface area contributed by atoms with Gasteiger partial charge in [0, 0.05) is 6.61 Å². The van der Waals surface area contributed by atoms with E-state index in [0.29, 0.717) is 0 Å². The number of hydrogen-bond acceptors (Lipinski definition) is 1. The van der Waals surface area contributed by atoms with Gasteiger partial charge < -0.3 is 4.43 Å². The van der Waals surface area contributed by atoms with Crippen LogP contribution in [-0.2, 0) is 4.43 Å². The summed E-state index contributed by atoms with van der Waals surface area (Å²) in [4.78, 5) is 0. The largest absolute Gasteiger partial charge is 0.428 e. The highest BCUT2D eigenvalue weighted by Gasteiger charge is 2.13. The lowest BCUT2D eigenvalue weighted by Crippen LogP contribution is -2.16. The lowest BCUT2D eigenvalue weighted by atomic mass is 9.88. The second kappa shape index (κ2) is 7.81. The molecule has 2 atom stereocenters. The molecule has 0 heterocycles. The third-order valence-electron chi connectivity index (χ3n) is 2.72.